The molecule has 0 aliphatic carbocycles. The number of rotatable bonds is 5. The van der Waals surface area contributed by atoms with Crippen LogP contribution in [0.3, 0.4) is 0 Å². The van der Waals surface area contributed by atoms with Crippen molar-refractivity contribution in [1.29, 1.82) is 0 Å². The van der Waals surface area contributed by atoms with Crippen LogP contribution < -0.4 is 4.72 Å². The summed E-state index contributed by atoms with van der Waals surface area (Å²) in [5, 5.41) is 1.79. The largest absolute Gasteiger partial charge is 0.336 e. The van der Waals surface area contributed by atoms with E-state index in [4.69, 9.17) is 0 Å². The number of imidazole rings is 1. The summed E-state index contributed by atoms with van der Waals surface area (Å²) in [5.74, 6) is 0.121. The van der Waals surface area contributed by atoms with Gasteiger partial charge < -0.3 is 4.57 Å². The van der Waals surface area contributed by atoms with E-state index in [1.807, 2.05) is 24.3 Å². The zero-order chi connectivity index (χ0) is 19.7. The number of fused-ring (bicyclic) bond motifs is 1. The summed E-state index contributed by atoms with van der Waals surface area (Å²) in [7, 11) is -2.07. The van der Waals surface area contributed by atoms with Crippen molar-refractivity contribution in [2.24, 2.45) is 7.05 Å². The standard InChI is InChI=1S/C21H18FN3O2S/c1-25-13-12-23-21(25)20(16-6-9-18(22)10-7-16)24-28(26,27)19-11-8-15-4-2-3-5-17(15)14-19/h2-14,20,24H,1H3/t20-/m1/s1. The van der Waals surface area contributed by atoms with Gasteiger partial charge in [-0.25, -0.2) is 17.8 Å². The molecule has 1 aromatic heterocycles. The lowest BCUT2D eigenvalue weighted by Crippen LogP contribution is -2.31. The van der Waals surface area contributed by atoms with Crippen LogP contribution in [0.5, 0.6) is 0 Å². The summed E-state index contributed by atoms with van der Waals surface area (Å²) in [6.45, 7) is 0. The van der Waals surface area contributed by atoms with Crippen LogP contribution in [-0.2, 0) is 17.1 Å². The third kappa shape index (κ3) is 3.54. The molecule has 4 aromatic rings. The van der Waals surface area contributed by atoms with Crippen LogP contribution in [0.2, 0.25) is 0 Å². The molecule has 7 heteroatoms. The van der Waals surface area contributed by atoms with Gasteiger partial charge in [0.1, 0.15) is 17.7 Å². The van der Waals surface area contributed by atoms with E-state index in [9.17, 15) is 12.8 Å². The summed E-state index contributed by atoms with van der Waals surface area (Å²) < 4.78 is 44.0. The van der Waals surface area contributed by atoms with E-state index in [0.29, 0.717) is 11.4 Å². The van der Waals surface area contributed by atoms with Crippen molar-refractivity contribution >= 4 is 20.8 Å². The van der Waals surface area contributed by atoms with Crippen LogP contribution in [0, 0.1) is 5.82 Å². The highest BCUT2D eigenvalue weighted by atomic mass is 32.2. The molecule has 0 amide bonds. The number of hydrogen-bond acceptors (Lipinski definition) is 3. The van der Waals surface area contributed by atoms with E-state index in [-0.39, 0.29) is 10.7 Å². The van der Waals surface area contributed by atoms with Gasteiger partial charge in [0, 0.05) is 19.4 Å². The highest BCUT2D eigenvalue weighted by molar-refractivity contribution is 7.89. The van der Waals surface area contributed by atoms with Gasteiger partial charge in [-0.2, -0.15) is 4.72 Å². The first-order valence-electron chi connectivity index (χ1n) is 8.68. The predicted octanol–water partition coefficient (Wildman–Crippen LogP) is 3.78. The molecule has 0 bridgehead atoms. The van der Waals surface area contributed by atoms with Crippen molar-refractivity contribution < 1.29 is 12.8 Å². The third-order valence-electron chi connectivity index (χ3n) is 4.62. The molecule has 0 aliphatic rings. The van der Waals surface area contributed by atoms with Crippen molar-refractivity contribution in [3.05, 3.63) is 96.3 Å². The lowest BCUT2D eigenvalue weighted by Gasteiger charge is -2.19. The normalized spacial score (nSPS) is 12.9. The first kappa shape index (κ1) is 18.3. The zero-order valence-electron chi connectivity index (χ0n) is 15.1. The molecule has 0 saturated heterocycles. The fraction of sp³-hybridized carbons (Fsp3) is 0.0952. The minimum atomic E-state index is -3.85. The van der Waals surface area contributed by atoms with Crippen LogP contribution >= 0.6 is 0 Å². The monoisotopic (exact) mass is 395 g/mol. The maximum Gasteiger partial charge on any atom is 0.241 e. The molecule has 0 saturated carbocycles. The Morgan fingerprint density at radius 2 is 1.71 bits per heavy atom. The third-order valence-corrected chi connectivity index (χ3v) is 6.04. The van der Waals surface area contributed by atoms with Gasteiger partial charge in [-0.3, -0.25) is 0 Å². The number of sulfonamides is 1. The quantitative estimate of drug-likeness (QED) is 0.559. The molecule has 1 heterocycles. The average molecular weight is 395 g/mol. The first-order chi connectivity index (χ1) is 13.4. The van der Waals surface area contributed by atoms with Crippen LogP contribution in [0.4, 0.5) is 4.39 Å². The predicted molar refractivity (Wildman–Crippen MR) is 106 cm³/mol. The van der Waals surface area contributed by atoms with E-state index in [2.05, 4.69) is 9.71 Å². The second-order valence-electron chi connectivity index (χ2n) is 6.51. The van der Waals surface area contributed by atoms with Gasteiger partial charge >= 0.3 is 0 Å². The van der Waals surface area contributed by atoms with Crippen molar-refractivity contribution in [2.75, 3.05) is 0 Å². The van der Waals surface area contributed by atoms with Crippen molar-refractivity contribution in [3.63, 3.8) is 0 Å². The Morgan fingerprint density at radius 3 is 2.39 bits per heavy atom. The first-order valence-corrected chi connectivity index (χ1v) is 10.2. The second-order valence-corrected chi connectivity index (χ2v) is 8.23. The maximum absolute atomic E-state index is 13.4. The second kappa shape index (κ2) is 7.18. The summed E-state index contributed by atoms with van der Waals surface area (Å²) >= 11 is 0. The van der Waals surface area contributed by atoms with E-state index >= 15 is 0 Å². The molecule has 0 spiro atoms. The Morgan fingerprint density at radius 1 is 1.00 bits per heavy atom. The summed E-state index contributed by atoms with van der Waals surface area (Å²) in [5.41, 5.74) is 0.597. The molecule has 28 heavy (non-hydrogen) atoms. The minimum absolute atomic E-state index is 0.160. The number of nitrogens with one attached hydrogen (secondary N) is 1. The molecule has 142 valence electrons. The number of halogens is 1. The van der Waals surface area contributed by atoms with Gasteiger partial charge in [0.05, 0.1) is 4.90 Å². The van der Waals surface area contributed by atoms with Crippen molar-refractivity contribution in [2.45, 2.75) is 10.9 Å². The van der Waals surface area contributed by atoms with E-state index in [1.165, 1.54) is 12.1 Å². The Bertz CT molecular complexity index is 1230. The summed E-state index contributed by atoms with van der Waals surface area (Å²) in [6, 6.07) is 17.5. The van der Waals surface area contributed by atoms with Crippen molar-refractivity contribution in [1.82, 2.24) is 14.3 Å². The fourth-order valence-electron chi connectivity index (χ4n) is 3.14. The average Bonchev–Trinajstić information content (AvgIpc) is 3.12. The number of aromatic nitrogens is 2. The van der Waals surface area contributed by atoms with Crippen LogP contribution in [-0.4, -0.2) is 18.0 Å². The van der Waals surface area contributed by atoms with Gasteiger partial charge in [0.15, 0.2) is 0 Å². The lowest BCUT2D eigenvalue weighted by atomic mass is 10.1. The SMILES string of the molecule is Cn1ccnc1[C@H](NS(=O)(=O)c1ccc2ccccc2c1)c1ccc(F)cc1. The molecule has 0 unspecified atom stereocenters. The van der Waals surface area contributed by atoms with Gasteiger partial charge in [-0.05, 0) is 40.6 Å². The summed E-state index contributed by atoms with van der Waals surface area (Å²) in [4.78, 5) is 4.44. The zero-order valence-corrected chi connectivity index (χ0v) is 15.9. The molecule has 0 radical (unpaired) electrons. The Labute approximate surface area is 162 Å². The molecule has 3 aromatic carbocycles. The minimum Gasteiger partial charge on any atom is -0.336 e. The molecule has 0 aliphatic heterocycles. The maximum atomic E-state index is 13.4. The van der Waals surface area contributed by atoms with Crippen molar-refractivity contribution in [3.8, 4) is 0 Å². The van der Waals surface area contributed by atoms with Gasteiger partial charge in [-0.1, -0.05) is 42.5 Å². The molecular formula is C21H18FN3O2S. The molecule has 1 atom stereocenters. The van der Waals surface area contributed by atoms with Crippen LogP contribution in [0.1, 0.15) is 17.4 Å². The molecule has 4 rings (SSSR count). The van der Waals surface area contributed by atoms with E-state index in [0.717, 1.165) is 10.8 Å². The Balaban J connectivity index is 1.76. The lowest BCUT2D eigenvalue weighted by molar-refractivity contribution is 0.562. The smallest absolute Gasteiger partial charge is 0.241 e. The molecule has 1 N–H and O–H groups in total. The molecular weight excluding hydrogens is 377 g/mol. The molecule has 5 nitrogen and oxygen atoms in total. The van der Waals surface area contributed by atoms with E-state index < -0.39 is 16.1 Å². The van der Waals surface area contributed by atoms with Gasteiger partial charge in [0.2, 0.25) is 10.0 Å². The Kier molecular flexibility index (Phi) is 4.70. The van der Waals surface area contributed by atoms with Gasteiger partial charge in [0.25, 0.3) is 0 Å². The van der Waals surface area contributed by atoms with E-state index in [1.54, 1.807) is 54.3 Å². The van der Waals surface area contributed by atoms with Crippen LogP contribution in [0.25, 0.3) is 10.8 Å². The number of aryl methyl sites for hydroxylation is 1. The number of benzene rings is 3. The topological polar surface area (TPSA) is 64.0 Å². The Hall–Kier alpha value is -3.03. The molecule has 0 fully saturated rings. The van der Waals surface area contributed by atoms with Crippen LogP contribution in [0.15, 0.2) is 84.0 Å². The fourth-order valence-corrected chi connectivity index (χ4v) is 4.36. The van der Waals surface area contributed by atoms with Gasteiger partial charge in [-0.15, -0.1) is 0 Å². The summed E-state index contributed by atoms with van der Waals surface area (Å²) in [6.07, 6.45) is 3.33. The number of nitrogens with zero attached hydrogens (tertiary/aromatic N) is 2. The highest BCUT2D eigenvalue weighted by Crippen LogP contribution is 2.25. The highest BCUT2D eigenvalue weighted by Gasteiger charge is 2.26. The number of hydrogen-bond donors (Lipinski definition) is 1.